The molecule has 6 heteroatoms. The number of hydrogen-bond acceptors (Lipinski definition) is 3. The van der Waals surface area contributed by atoms with E-state index in [1.165, 1.54) is 18.2 Å². The second-order valence-corrected chi connectivity index (χ2v) is 4.51. The number of aliphatic carboxylic acids is 1. The van der Waals surface area contributed by atoms with E-state index in [9.17, 15) is 14.0 Å². The Kier molecular flexibility index (Phi) is 3.65. The van der Waals surface area contributed by atoms with E-state index < -0.39 is 11.5 Å². The fourth-order valence-corrected chi connectivity index (χ4v) is 1.99. The van der Waals surface area contributed by atoms with Crippen LogP contribution in [0.25, 0.3) is 11.4 Å². The molecule has 5 nitrogen and oxygen atoms in total. The van der Waals surface area contributed by atoms with Crippen molar-refractivity contribution in [2.24, 2.45) is 0 Å². The lowest BCUT2D eigenvalue weighted by molar-refractivity contribution is -0.136. The molecular weight excluding hydrogens is 263 g/mol. The van der Waals surface area contributed by atoms with Crippen LogP contribution in [0.3, 0.4) is 0 Å². The normalized spacial score (nSPS) is 10.6. The van der Waals surface area contributed by atoms with Gasteiger partial charge in [0, 0.05) is 16.8 Å². The lowest BCUT2D eigenvalue weighted by Gasteiger charge is -2.08. The van der Waals surface area contributed by atoms with Crippen molar-refractivity contribution < 1.29 is 14.3 Å². The van der Waals surface area contributed by atoms with E-state index in [-0.39, 0.29) is 17.8 Å². The van der Waals surface area contributed by atoms with Crippen LogP contribution in [-0.2, 0) is 11.2 Å². The summed E-state index contributed by atoms with van der Waals surface area (Å²) in [5.41, 5.74) is 1.24. The SMILES string of the molecule is Cc1cc(F)ccc1-c1nc(C)c(CC(=O)O)c(=O)[nH]1. The van der Waals surface area contributed by atoms with Crippen LogP contribution in [0.15, 0.2) is 23.0 Å². The molecule has 0 atom stereocenters. The molecule has 104 valence electrons. The summed E-state index contributed by atoms with van der Waals surface area (Å²) in [6, 6.07) is 4.15. The fraction of sp³-hybridized carbons (Fsp3) is 0.214. The van der Waals surface area contributed by atoms with Crippen LogP contribution in [0.5, 0.6) is 0 Å². The van der Waals surface area contributed by atoms with Gasteiger partial charge in [0.05, 0.1) is 6.42 Å². The molecular formula is C14H13FN2O3. The van der Waals surface area contributed by atoms with Gasteiger partial charge in [0.1, 0.15) is 11.6 Å². The minimum absolute atomic E-state index is 0.126. The number of aryl methyl sites for hydroxylation is 2. The average Bonchev–Trinajstić information content (AvgIpc) is 2.33. The number of benzene rings is 1. The molecule has 0 saturated heterocycles. The van der Waals surface area contributed by atoms with E-state index >= 15 is 0 Å². The maximum Gasteiger partial charge on any atom is 0.308 e. The molecule has 1 aromatic heterocycles. The van der Waals surface area contributed by atoms with Crippen LogP contribution in [0.4, 0.5) is 4.39 Å². The number of carboxylic acid groups (broad SMARTS) is 1. The van der Waals surface area contributed by atoms with Crippen molar-refractivity contribution in [2.45, 2.75) is 20.3 Å². The number of carbonyl (C=O) groups is 1. The van der Waals surface area contributed by atoms with E-state index in [0.29, 0.717) is 22.6 Å². The number of aromatic amines is 1. The minimum atomic E-state index is -1.09. The number of nitrogens with zero attached hydrogens (tertiary/aromatic N) is 1. The molecule has 0 aliphatic rings. The molecule has 1 heterocycles. The highest BCUT2D eigenvalue weighted by Crippen LogP contribution is 2.20. The van der Waals surface area contributed by atoms with Gasteiger partial charge in [-0.15, -0.1) is 0 Å². The Bertz CT molecular complexity index is 738. The average molecular weight is 276 g/mol. The Balaban J connectivity index is 2.55. The van der Waals surface area contributed by atoms with Gasteiger partial charge in [-0.1, -0.05) is 0 Å². The van der Waals surface area contributed by atoms with Crippen molar-refractivity contribution >= 4 is 5.97 Å². The van der Waals surface area contributed by atoms with Crippen LogP contribution in [0.1, 0.15) is 16.8 Å². The van der Waals surface area contributed by atoms with Crippen molar-refractivity contribution in [2.75, 3.05) is 0 Å². The van der Waals surface area contributed by atoms with Gasteiger partial charge in [0.2, 0.25) is 0 Å². The molecule has 0 aliphatic heterocycles. The fourth-order valence-electron chi connectivity index (χ4n) is 1.99. The van der Waals surface area contributed by atoms with Gasteiger partial charge in [-0.05, 0) is 37.6 Å². The molecule has 0 radical (unpaired) electrons. The molecule has 0 bridgehead atoms. The first kappa shape index (κ1) is 13.9. The van der Waals surface area contributed by atoms with Crippen molar-refractivity contribution in [3.8, 4) is 11.4 Å². The van der Waals surface area contributed by atoms with Crippen LogP contribution >= 0.6 is 0 Å². The zero-order valence-corrected chi connectivity index (χ0v) is 11.0. The maximum absolute atomic E-state index is 13.1. The van der Waals surface area contributed by atoms with Crippen LogP contribution in [0.2, 0.25) is 0 Å². The van der Waals surface area contributed by atoms with Gasteiger partial charge in [-0.2, -0.15) is 0 Å². The summed E-state index contributed by atoms with van der Waals surface area (Å²) in [4.78, 5) is 29.4. The molecule has 0 amide bonds. The summed E-state index contributed by atoms with van der Waals surface area (Å²) in [5.74, 6) is -1.15. The highest BCUT2D eigenvalue weighted by molar-refractivity contribution is 5.70. The molecule has 2 rings (SSSR count). The van der Waals surface area contributed by atoms with Crippen molar-refractivity contribution in [3.05, 3.63) is 51.2 Å². The number of H-pyrrole nitrogens is 1. The molecule has 20 heavy (non-hydrogen) atoms. The Hall–Kier alpha value is -2.50. The number of halogens is 1. The van der Waals surface area contributed by atoms with E-state index in [2.05, 4.69) is 9.97 Å². The molecule has 0 saturated carbocycles. The van der Waals surface area contributed by atoms with E-state index in [1.807, 2.05) is 0 Å². The Morgan fingerprint density at radius 1 is 1.40 bits per heavy atom. The smallest absolute Gasteiger partial charge is 0.308 e. The van der Waals surface area contributed by atoms with Gasteiger partial charge in [0.15, 0.2) is 0 Å². The molecule has 2 N–H and O–H groups in total. The predicted molar refractivity (Wildman–Crippen MR) is 71.1 cm³/mol. The van der Waals surface area contributed by atoms with Crippen molar-refractivity contribution in [3.63, 3.8) is 0 Å². The van der Waals surface area contributed by atoms with Gasteiger partial charge >= 0.3 is 5.97 Å². The third-order valence-electron chi connectivity index (χ3n) is 2.99. The first-order valence-electron chi connectivity index (χ1n) is 5.96. The number of carboxylic acids is 1. The highest BCUT2D eigenvalue weighted by atomic mass is 19.1. The highest BCUT2D eigenvalue weighted by Gasteiger charge is 2.13. The minimum Gasteiger partial charge on any atom is -0.481 e. The summed E-state index contributed by atoms with van der Waals surface area (Å²) >= 11 is 0. The molecule has 0 aliphatic carbocycles. The van der Waals surface area contributed by atoms with Gasteiger partial charge in [0.25, 0.3) is 5.56 Å². The van der Waals surface area contributed by atoms with Crippen LogP contribution < -0.4 is 5.56 Å². The quantitative estimate of drug-likeness (QED) is 0.895. The van der Waals surface area contributed by atoms with E-state index in [1.54, 1.807) is 13.8 Å². The number of rotatable bonds is 3. The van der Waals surface area contributed by atoms with Crippen LogP contribution in [0, 0.1) is 19.7 Å². The third kappa shape index (κ3) is 2.74. The van der Waals surface area contributed by atoms with Gasteiger partial charge in [-0.3, -0.25) is 9.59 Å². The second kappa shape index (κ2) is 5.24. The topological polar surface area (TPSA) is 83.0 Å². The lowest BCUT2D eigenvalue weighted by atomic mass is 10.1. The summed E-state index contributed by atoms with van der Waals surface area (Å²) in [7, 11) is 0. The summed E-state index contributed by atoms with van der Waals surface area (Å²) in [5, 5.41) is 8.75. The maximum atomic E-state index is 13.1. The number of hydrogen-bond donors (Lipinski definition) is 2. The predicted octanol–water partition coefficient (Wildman–Crippen LogP) is 1.82. The standard InChI is InChI=1S/C14H13FN2O3/c1-7-5-9(15)3-4-10(7)13-16-8(2)11(6-12(18)19)14(20)17-13/h3-5H,6H2,1-2H3,(H,18,19)(H,16,17,20). The number of nitrogens with one attached hydrogen (secondary N) is 1. The van der Waals surface area contributed by atoms with Crippen molar-refractivity contribution in [1.29, 1.82) is 0 Å². The third-order valence-corrected chi connectivity index (χ3v) is 2.99. The second-order valence-electron chi connectivity index (χ2n) is 4.51. The molecule has 0 fully saturated rings. The number of aromatic nitrogens is 2. The molecule has 1 aromatic carbocycles. The summed E-state index contributed by atoms with van der Waals surface area (Å²) < 4.78 is 13.1. The lowest BCUT2D eigenvalue weighted by Crippen LogP contribution is -2.20. The summed E-state index contributed by atoms with van der Waals surface area (Å²) in [6.07, 6.45) is -0.378. The first-order valence-corrected chi connectivity index (χ1v) is 5.96. The monoisotopic (exact) mass is 276 g/mol. The Morgan fingerprint density at radius 3 is 2.65 bits per heavy atom. The molecule has 0 spiro atoms. The summed E-state index contributed by atoms with van der Waals surface area (Å²) in [6.45, 7) is 3.29. The zero-order valence-electron chi connectivity index (χ0n) is 11.0. The Morgan fingerprint density at radius 2 is 2.10 bits per heavy atom. The van der Waals surface area contributed by atoms with E-state index in [4.69, 9.17) is 5.11 Å². The van der Waals surface area contributed by atoms with Crippen LogP contribution in [-0.4, -0.2) is 21.0 Å². The van der Waals surface area contributed by atoms with Gasteiger partial charge < -0.3 is 10.1 Å². The molecule has 2 aromatic rings. The largest absolute Gasteiger partial charge is 0.481 e. The van der Waals surface area contributed by atoms with Crippen molar-refractivity contribution in [1.82, 2.24) is 9.97 Å². The van der Waals surface area contributed by atoms with Gasteiger partial charge in [-0.25, -0.2) is 9.37 Å². The molecule has 0 unspecified atom stereocenters. The Labute approximate surface area is 114 Å². The zero-order chi connectivity index (χ0) is 14.9. The van der Waals surface area contributed by atoms with E-state index in [0.717, 1.165) is 0 Å². The first-order chi connectivity index (χ1) is 9.38.